The number of aromatic nitrogens is 3. The predicted octanol–water partition coefficient (Wildman–Crippen LogP) is 2.49. The molecular weight excluding hydrogens is 352 g/mol. The number of nitrogens with zero attached hydrogens (tertiary/aromatic N) is 4. The Balaban J connectivity index is 1.54. The minimum Gasteiger partial charge on any atom is -0.377 e. The number of rotatable bonds is 8. The lowest BCUT2D eigenvalue weighted by atomic mass is 9.98. The van der Waals surface area contributed by atoms with Crippen LogP contribution in [0, 0.1) is 0 Å². The Labute approximate surface area is 167 Å². The fourth-order valence-corrected chi connectivity index (χ4v) is 3.50. The Morgan fingerprint density at radius 3 is 2.93 bits per heavy atom. The molecule has 2 atom stereocenters. The molecule has 7 nitrogen and oxygen atoms in total. The number of guanidine groups is 1. The third kappa shape index (κ3) is 5.55. The summed E-state index contributed by atoms with van der Waals surface area (Å²) in [6.07, 6.45) is 2.97. The molecule has 152 valence electrons. The van der Waals surface area contributed by atoms with Crippen LogP contribution in [0.15, 0.2) is 35.3 Å². The number of benzene rings is 1. The van der Waals surface area contributed by atoms with E-state index in [-0.39, 0.29) is 0 Å². The van der Waals surface area contributed by atoms with Crippen LogP contribution in [0.3, 0.4) is 0 Å². The van der Waals surface area contributed by atoms with Crippen molar-refractivity contribution in [1.29, 1.82) is 0 Å². The number of methoxy groups -OCH3 is 1. The van der Waals surface area contributed by atoms with Gasteiger partial charge in [-0.1, -0.05) is 37.3 Å². The molecule has 0 aliphatic carbocycles. The van der Waals surface area contributed by atoms with Crippen LogP contribution in [0.25, 0.3) is 0 Å². The van der Waals surface area contributed by atoms with E-state index < -0.39 is 0 Å². The lowest BCUT2D eigenvalue weighted by Crippen LogP contribution is -2.47. The van der Waals surface area contributed by atoms with Gasteiger partial charge in [-0.05, 0) is 31.2 Å². The van der Waals surface area contributed by atoms with Crippen LogP contribution in [-0.2, 0) is 24.3 Å². The summed E-state index contributed by atoms with van der Waals surface area (Å²) in [6.45, 7) is 7.26. The van der Waals surface area contributed by atoms with Gasteiger partial charge in [0, 0.05) is 32.7 Å². The Morgan fingerprint density at radius 1 is 1.36 bits per heavy atom. The molecule has 0 radical (unpaired) electrons. The lowest BCUT2D eigenvalue weighted by molar-refractivity contribution is 0.177. The third-order valence-corrected chi connectivity index (χ3v) is 5.06. The van der Waals surface area contributed by atoms with Gasteiger partial charge in [-0.3, -0.25) is 4.99 Å². The second kappa shape index (κ2) is 10.2. The van der Waals surface area contributed by atoms with Crippen LogP contribution < -0.4 is 10.6 Å². The van der Waals surface area contributed by atoms with E-state index >= 15 is 0 Å². The van der Waals surface area contributed by atoms with Crippen LogP contribution >= 0.6 is 0 Å². The summed E-state index contributed by atoms with van der Waals surface area (Å²) in [5.74, 6) is 3.19. The maximum absolute atomic E-state index is 5.14. The summed E-state index contributed by atoms with van der Waals surface area (Å²) in [5, 5.41) is 11.5. The SMILES string of the molecule is CCNC(=NCCC(C)c1ccccc1)NC1CCc2nc(COC)nn2C1. The zero-order valence-corrected chi connectivity index (χ0v) is 17.2. The average Bonchev–Trinajstić information content (AvgIpc) is 3.10. The summed E-state index contributed by atoms with van der Waals surface area (Å²) in [7, 11) is 1.67. The van der Waals surface area contributed by atoms with E-state index in [1.165, 1.54) is 5.56 Å². The molecule has 0 saturated carbocycles. The van der Waals surface area contributed by atoms with Crippen LogP contribution in [0.2, 0.25) is 0 Å². The topological polar surface area (TPSA) is 76.4 Å². The minimum atomic E-state index is 0.300. The summed E-state index contributed by atoms with van der Waals surface area (Å²) >= 11 is 0. The van der Waals surface area contributed by atoms with Crippen molar-refractivity contribution in [3.05, 3.63) is 47.5 Å². The molecule has 0 fully saturated rings. The molecule has 0 bridgehead atoms. The van der Waals surface area contributed by atoms with Gasteiger partial charge in [-0.15, -0.1) is 0 Å². The maximum atomic E-state index is 5.14. The molecule has 2 N–H and O–H groups in total. The molecule has 1 aromatic carbocycles. The fraction of sp³-hybridized carbons (Fsp3) is 0.571. The third-order valence-electron chi connectivity index (χ3n) is 5.06. The Kier molecular flexibility index (Phi) is 7.42. The van der Waals surface area contributed by atoms with Crippen molar-refractivity contribution in [2.24, 2.45) is 4.99 Å². The maximum Gasteiger partial charge on any atom is 0.191 e. The molecule has 28 heavy (non-hydrogen) atoms. The average molecular weight is 385 g/mol. The van der Waals surface area contributed by atoms with Gasteiger partial charge in [0.05, 0.1) is 6.54 Å². The Hall–Kier alpha value is -2.41. The first-order chi connectivity index (χ1) is 13.7. The Bertz CT molecular complexity index is 758. The number of ether oxygens (including phenoxy) is 1. The zero-order chi connectivity index (χ0) is 19.8. The highest BCUT2D eigenvalue weighted by molar-refractivity contribution is 5.80. The highest BCUT2D eigenvalue weighted by Crippen LogP contribution is 2.18. The van der Waals surface area contributed by atoms with Crippen LogP contribution in [-0.4, -0.2) is 47.0 Å². The quantitative estimate of drug-likeness (QED) is 0.540. The van der Waals surface area contributed by atoms with Crippen molar-refractivity contribution >= 4 is 5.96 Å². The molecular formula is C21H32N6O. The number of nitrogens with one attached hydrogen (secondary N) is 2. The van der Waals surface area contributed by atoms with E-state index in [2.05, 4.69) is 64.9 Å². The Morgan fingerprint density at radius 2 is 2.18 bits per heavy atom. The highest BCUT2D eigenvalue weighted by atomic mass is 16.5. The monoisotopic (exact) mass is 384 g/mol. The first-order valence-electron chi connectivity index (χ1n) is 10.2. The highest BCUT2D eigenvalue weighted by Gasteiger charge is 2.22. The van der Waals surface area contributed by atoms with Gasteiger partial charge in [-0.25, -0.2) is 9.67 Å². The van der Waals surface area contributed by atoms with Crippen molar-refractivity contribution < 1.29 is 4.74 Å². The van der Waals surface area contributed by atoms with Crippen molar-refractivity contribution in [2.45, 2.75) is 58.2 Å². The first-order valence-corrected chi connectivity index (χ1v) is 10.2. The molecule has 2 heterocycles. The smallest absolute Gasteiger partial charge is 0.191 e. The van der Waals surface area contributed by atoms with E-state index in [0.717, 1.165) is 56.5 Å². The number of hydrogen-bond acceptors (Lipinski definition) is 4. The van der Waals surface area contributed by atoms with E-state index in [9.17, 15) is 0 Å². The van der Waals surface area contributed by atoms with Crippen LogP contribution in [0.5, 0.6) is 0 Å². The molecule has 0 spiro atoms. The number of aliphatic imine (C=N–C) groups is 1. The number of hydrogen-bond donors (Lipinski definition) is 2. The standard InChI is InChI=1S/C21H32N6O/c1-4-22-21(23-13-12-16(2)17-8-6-5-7-9-17)24-18-10-11-20-25-19(15-28-3)26-27(20)14-18/h5-9,16,18H,4,10-15H2,1-3H3,(H2,22,23,24). The van der Waals surface area contributed by atoms with Crippen molar-refractivity contribution in [1.82, 2.24) is 25.4 Å². The normalized spacial score (nSPS) is 17.8. The van der Waals surface area contributed by atoms with Crippen LogP contribution in [0.1, 0.15) is 49.8 Å². The molecule has 0 saturated heterocycles. The lowest BCUT2D eigenvalue weighted by Gasteiger charge is -2.25. The first kappa shape index (κ1) is 20.3. The fourth-order valence-electron chi connectivity index (χ4n) is 3.50. The predicted molar refractivity (Wildman–Crippen MR) is 111 cm³/mol. The van der Waals surface area contributed by atoms with Crippen molar-refractivity contribution in [2.75, 3.05) is 20.2 Å². The molecule has 2 unspecified atom stereocenters. The van der Waals surface area contributed by atoms with Gasteiger partial charge in [0.25, 0.3) is 0 Å². The molecule has 7 heteroatoms. The van der Waals surface area contributed by atoms with Crippen molar-refractivity contribution in [3.63, 3.8) is 0 Å². The van der Waals surface area contributed by atoms with E-state index in [0.29, 0.717) is 18.6 Å². The van der Waals surface area contributed by atoms with Crippen molar-refractivity contribution in [3.8, 4) is 0 Å². The van der Waals surface area contributed by atoms with Gasteiger partial charge in [0.2, 0.25) is 0 Å². The van der Waals surface area contributed by atoms with Gasteiger partial charge >= 0.3 is 0 Å². The molecule has 2 aromatic rings. The molecule has 1 aliphatic heterocycles. The summed E-state index contributed by atoms with van der Waals surface area (Å²) in [6, 6.07) is 10.9. The second-order valence-corrected chi connectivity index (χ2v) is 7.30. The van der Waals surface area contributed by atoms with Gasteiger partial charge in [0.15, 0.2) is 11.8 Å². The van der Waals surface area contributed by atoms with E-state index in [4.69, 9.17) is 9.73 Å². The molecule has 0 amide bonds. The summed E-state index contributed by atoms with van der Waals surface area (Å²) in [4.78, 5) is 9.33. The summed E-state index contributed by atoms with van der Waals surface area (Å²) < 4.78 is 7.14. The van der Waals surface area contributed by atoms with Crippen LogP contribution in [0.4, 0.5) is 0 Å². The van der Waals surface area contributed by atoms with Gasteiger partial charge < -0.3 is 15.4 Å². The van der Waals surface area contributed by atoms with Gasteiger partial charge in [-0.2, -0.15) is 5.10 Å². The number of aryl methyl sites for hydroxylation is 1. The molecule has 1 aromatic heterocycles. The molecule has 3 rings (SSSR count). The van der Waals surface area contributed by atoms with E-state index in [1.807, 2.05) is 4.68 Å². The van der Waals surface area contributed by atoms with Gasteiger partial charge in [0.1, 0.15) is 12.4 Å². The minimum absolute atomic E-state index is 0.300. The second-order valence-electron chi connectivity index (χ2n) is 7.30. The largest absolute Gasteiger partial charge is 0.377 e. The zero-order valence-electron chi connectivity index (χ0n) is 17.2. The summed E-state index contributed by atoms with van der Waals surface area (Å²) in [5.41, 5.74) is 1.37. The van der Waals surface area contributed by atoms with E-state index in [1.54, 1.807) is 7.11 Å². The molecule has 1 aliphatic rings. The number of fused-ring (bicyclic) bond motifs is 1.